The Morgan fingerprint density at radius 3 is 2.62 bits per heavy atom. The minimum Gasteiger partial charge on any atom is -0.481 e. The molecule has 116 valence electrons. The second kappa shape index (κ2) is 6.78. The second-order valence-corrected chi connectivity index (χ2v) is 6.02. The number of piperidine rings is 1. The van der Waals surface area contributed by atoms with E-state index < -0.39 is 5.97 Å². The maximum Gasteiger partial charge on any atom is 0.303 e. The van der Waals surface area contributed by atoms with Gasteiger partial charge in [-0.1, -0.05) is 13.8 Å². The van der Waals surface area contributed by atoms with E-state index in [2.05, 4.69) is 0 Å². The number of nitrogens with zero attached hydrogens (tertiary/aromatic N) is 1. The lowest BCUT2D eigenvalue weighted by molar-refractivity contribution is -0.137. The van der Waals surface area contributed by atoms with Gasteiger partial charge in [-0.05, 0) is 31.2 Å². The van der Waals surface area contributed by atoms with Gasteiger partial charge in [-0.2, -0.15) is 0 Å². The van der Waals surface area contributed by atoms with E-state index in [1.54, 1.807) is 12.3 Å². The molecule has 0 atom stereocenters. The highest BCUT2D eigenvalue weighted by atomic mass is 16.4. The Kier molecular flexibility index (Phi) is 5.04. The molecule has 0 spiro atoms. The van der Waals surface area contributed by atoms with Crippen LogP contribution in [0, 0.1) is 5.92 Å². The lowest BCUT2D eigenvalue weighted by Gasteiger charge is -2.32. The maximum absolute atomic E-state index is 12.5. The van der Waals surface area contributed by atoms with Gasteiger partial charge in [0, 0.05) is 25.4 Å². The van der Waals surface area contributed by atoms with E-state index in [1.165, 1.54) is 0 Å². The topological polar surface area (TPSA) is 70.8 Å². The molecule has 0 aliphatic carbocycles. The molecule has 0 aromatic carbocycles. The number of aliphatic carboxylic acids is 1. The van der Waals surface area contributed by atoms with Crippen LogP contribution in [0.3, 0.4) is 0 Å². The van der Waals surface area contributed by atoms with Crippen LogP contribution in [0.2, 0.25) is 0 Å². The predicted octanol–water partition coefficient (Wildman–Crippen LogP) is 3.12. The summed E-state index contributed by atoms with van der Waals surface area (Å²) in [5, 5.41) is 8.72. The normalized spacial score (nSPS) is 16.4. The highest BCUT2D eigenvalue weighted by molar-refractivity contribution is 5.95. The molecule has 0 radical (unpaired) electrons. The molecule has 1 saturated heterocycles. The quantitative estimate of drug-likeness (QED) is 0.905. The molecule has 1 aliphatic heterocycles. The lowest BCUT2D eigenvalue weighted by atomic mass is 9.92. The molecular formula is C16H23NO4. The van der Waals surface area contributed by atoms with Crippen molar-refractivity contribution in [2.24, 2.45) is 5.92 Å². The first-order chi connectivity index (χ1) is 9.99. The van der Waals surface area contributed by atoms with Crippen molar-refractivity contribution in [3.63, 3.8) is 0 Å². The number of hydrogen-bond acceptors (Lipinski definition) is 3. The third-order valence-corrected chi connectivity index (χ3v) is 4.12. The Hall–Kier alpha value is -1.78. The van der Waals surface area contributed by atoms with Gasteiger partial charge in [-0.3, -0.25) is 9.59 Å². The number of carboxylic acid groups (broad SMARTS) is 1. The smallest absolute Gasteiger partial charge is 0.303 e. The number of rotatable bonds is 5. The standard InChI is InChI=1S/C16H23NO4/c1-11(2)15-13(7-10-21-15)16(20)17-8-5-12(6-9-17)3-4-14(18)19/h7,10-12H,3-6,8-9H2,1-2H3,(H,18,19). The van der Waals surface area contributed by atoms with Crippen LogP contribution in [-0.4, -0.2) is 35.0 Å². The first kappa shape index (κ1) is 15.6. The molecule has 2 heterocycles. The van der Waals surface area contributed by atoms with Gasteiger partial charge in [0.05, 0.1) is 11.8 Å². The number of likely N-dealkylation sites (tertiary alicyclic amines) is 1. The van der Waals surface area contributed by atoms with Crippen molar-refractivity contribution in [3.8, 4) is 0 Å². The number of carbonyl (C=O) groups excluding carboxylic acids is 1. The Morgan fingerprint density at radius 1 is 1.38 bits per heavy atom. The Balaban J connectivity index is 1.91. The summed E-state index contributed by atoms with van der Waals surface area (Å²) in [5.41, 5.74) is 0.661. The van der Waals surface area contributed by atoms with Crippen molar-refractivity contribution >= 4 is 11.9 Å². The van der Waals surface area contributed by atoms with E-state index in [1.807, 2.05) is 18.7 Å². The third kappa shape index (κ3) is 3.86. The zero-order chi connectivity index (χ0) is 15.4. The summed E-state index contributed by atoms with van der Waals surface area (Å²) < 4.78 is 5.41. The van der Waals surface area contributed by atoms with Crippen LogP contribution in [-0.2, 0) is 4.79 Å². The first-order valence-electron chi connectivity index (χ1n) is 7.57. The summed E-state index contributed by atoms with van der Waals surface area (Å²) in [5.74, 6) is 0.636. The molecule has 1 aromatic rings. The predicted molar refractivity (Wildman–Crippen MR) is 78.3 cm³/mol. The number of amides is 1. The molecule has 21 heavy (non-hydrogen) atoms. The molecule has 2 rings (SSSR count). The van der Waals surface area contributed by atoms with Crippen LogP contribution in [0.1, 0.15) is 61.6 Å². The van der Waals surface area contributed by atoms with E-state index in [9.17, 15) is 9.59 Å². The molecule has 0 saturated carbocycles. The summed E-state index contributed by atoms with van der Waals surface area (Å²) in [4.78, 5) is 25.0. The molecule has 1 aromatic heterocycles. The molecule has 0 bridgehead atoms. The fraction of sp³-hybridized carbons (Fsp3) is 0.625. The van der Waals surface area contributed by atoms with Crippen molar-refractivity contribution in [2.75, 3.05) is 13.1 Å². The van der Waals surface area contributed by atoms with Gasteiger partial charge in [0.15, 0.2) is 0 Å². The zero-order valence-corrected chi connectivity index (χ0v) is 12.7. The monoisotopic (exact) mass is 293 g/mol. The van der Waals surface area contributed by atoms with Crippen LogP contribution in [0.15, 0.2) is 16.7 Å². The number of furan rings is 1. The van der Waals surface area contributed by atoms with Crippen LogP contribution >= 0.6 is 0 Å². The number of hydrogen-bond donors (Lipinski definition) is 1. The van der Waals surface area contributed by atoms with Gasteiger partial charge in [-0.15, -0.1) is 0 Å². The lowest BCUT2D eigenvalue weighted by Crippen LogP contribution is -2.38. The Bertz CT molecular complexity index is 498. The summed E-state index contributed by atoms with van der Waals surface area (Å²) in [7, 11) is 0. The largest absolute Gasteiger partial charge is 0.481 e. The number of carbonyl (C=O) groups is 2. The van der Waals surface area contributed by atoms with Crippen molar-refractivity contribution < 1.29 is 19.1 Å². The molecule has 1 amide bonds. The van der Waals surface area contributed by atoms with Crippen molar-refractivity contribution in [1.82, 2.24) is 4.90 Å². The first-order valence-corrected chi connectivity index (χ1v) is 7.57. The molecule has 0 unspecified atom stereocenters. The highest BCUT2D eigenvalue weighted by Gasteiger charge is 2.26. The van der Waals surface area contributed by atoms with Crippen LogP contribution in [0.4, 0.5) is 0 Å². The highest BCUT2D eigenvalue weighted by Crippen LogP contribution is 2.26. The van der Waals surface area contributed by atoms with E-state index in [4.69, 9.17) is 9.52 Å². The van der Waals surface area contributed by atoms with Gasteiger partial charge in [-0.25, -0.2) is 0 Å². The van der Waals surface area contributed by atoms with Gasteiger partial charge in [0.25, 0.3) is 5.91 Å². The maximum atomic E-state index is 12.5. The summed E-state index contributed by atoms with van der Waals surface area (Å²) in [6, 6.07) is 1.74. The summed E-state index contributed by atoms with van der Waals surface area (Å²) in [6.45, 7) is 5.42. The minimum absolute atomic E-state index is 0.0316. The van der Waals surface area contributed by atoms with Gasteiger partial charge in [0.1, 0.15) is 5.76 Å². The van der Waals surface area contributed by atoms with Crippen molar-refractivity contribution in [2.45, 2.75) is 45.4 Å². The van der Waals surface area contributed by atoms with Crippen LogP contribution < -0.4 is 0 Å². The average Bonchev–Trinajstić information content (AvgIpc) is 2.94. The molecule has 5 heteroatoms. The summed E-state index contributed by atoms with van der Waals surface area (Å²) in [6.07, 6.45) is 4.27. The van der Waals surface area contributed by atoms with Gasteiger partial charge >= 0.3 is 5.97 Å². The average molecular weight is 293 g/mol. The zero-order valence-electron chi connectivity index (χ0n) is 12.7. The third-order valence-electron chi connectivity index (χ3n) is 4.12. The second-order valence-electron chi connectivity index (χ2n) is 6.02. The van der Waals surface area contributed by atoms with Crippen molar-refractivity contribution in [3.05, 3.63) is 23.7 Å². The fourth-order valence-corrected chi connectivity index (χ4v) is 2.87. The van der Waals surface area contributed by atoms with Crippen LogP contribution in [0.5, 0.6) is 0 Å². The van der Waals surface area contributed by atoms with Gasteiger partial charge in [0.2, 0.25) is 0 Å². The van der Waals surface area contributed by atoms with E-state index in [-0.39, 0.29) is 18.2 Å². The fourth-order valence-electron chi connectivity index (χ4n) is 2.87. The molecule has 1 fully saturated rings. The van der Waals surface area contributed by atoms with Gasteiger partial charge < -0.3 is 14.4 Å². The minimum atomic E-state index is -0.742. The SMILES string of the molecule is CC(C)c1occc1C(=O)N1CCC(CCC(=O)O)CC1. The number of carboxylic acids is 1. The Labute approximate surface area is 124 Å². The van der Waals surface area contributed by atoms with Crippen molar-refractivity contribution in [1.29, 1.82) is 0 Å². The Morgan fingerprint density at radius 2 is 2.05 bits per heavy atom. The van der Waals surface area contributed by atoms with E-state index in [0.717, 1.165) is 18.6 Å². The van der Waals surface area contributed by atoms with E-state index >= 15 is 0 Å². The molecule has 1 aliphatic rings. The molecular weight excluding hydrogens is 270 g/mol. The summed E-state index contributed by atoms with van der Waals surface area (Å²) >= 11 is 0. The van der Waals surface area contributed by atoms with Crippen LogP contribution in [0.25, 0.3) is 0 Å². The molecule has 1 N–H and O–H groups in total. The van der Waals surface area contributed by atoms with E-state index in [0.29, 0.717) is 31.0 Å². The molecule has 5 nitrogen and oxygen atoms in total.